The molecule has 1 rings (SSSR count). The van der Waals surface area contributed by atoms with Gasteiger partial charge in [0.15, 0.2) is 0 Å². The highest BCUT2D eigenvalue weighted by Crippen LogP contribution is 2.18. The lowest BCUT2D eigenvalue weighted by molar-refractivity contribution is 0.0906. The first kappa shape index (κ1) is 14.8. The van der Waals surface area contributed by atoms with Gasteiger partial charge in [-0.05, 0) is 39.3 Å². The molecule has 0 radical (unpaired) electrons. The number of hydrogen-bond acceptors (Lipinski definition) is 3. The number of pyridine rings is 1. The molecule has 0 aromatic carbocycles. The lowest BCUT2D eigenvalue weighted by Crippen LogP contribution is -2.43. The Kier molecular flexibility index (Phi) is 4.96. The molecule has 1 aromatic heterocycles. The smallest absolute Gasteiger partial charge is 0.271 e. The molecule has 1 aromatic rings. The lowest BCUT2D eigenvalue weighted by Gasteiger charge is -2.24. The van der Waals surface area contributed by atoms with Crippen LogP contribution in [0.15, 0.2) is 12.1 Å². The van der Waals surface area contributed by atoms with Crippen LogP contribution < -0.4 is 10.6 Å². The fourth-order valence-electron chi connectivity index (χ4n) is 1.34. The maximum Gasteiger partial charge on any atom is 0.271 e. The fourth-order valence-corrected chi connectivity index (χ4v) is 1.53. The summed E-state index contributed by atoms with van der Waals surface area (Å²) in [6.07, 6.45) is 0.837. The summed E-state index contributed by atoms with van der Waals surface area (Å²) >= 11 is 6.01. The summed E-state index contributed by atoms with van der Waals surface area (Å²) in [6, 6.07) is 3.44. The van der Waals surface area contributed by atoms with Crippen LogP contribution in [0.5, 0.6) is 0 Å². The number of hydrogen-bond donors (Lipinski definition) is 2. The molecule has 1 amide bonds. The largest absolute Gasteiger partial charge is 0.370 e. The van der Waals surface area contributed by atoms with Crippen LogP contribution in [0, 0.1) is 0 Å². The van der Waals surface area contributed by atoms with Crippen LogP contribution >= 0.6 is 11.6 Å². The average molecular weight is 270 g/mol. The van der Waals surface area contributed by atoms with E-state index >= 15 is 0 Å². The quantitative estimate of drug-likeness (QED) is 0.864. The maximum absolute atomic E-state index is 12.1. The number of carbonyl (C=O) groups excluding carboxylic acids is 1. The molecule has 18 heavy (non-hydrogen) atoms. The van der Waals surface area contributed by atoms with E-state index in [1.54, 1.807) is 12.1 Å². The van der Waals surface area contributed by atoms with Crippen molar-refractivity contribution in [1.29, 1.82) is 0 Å². The normalized spacial score (nSPS) is 11.2. The number of amides is 1. The third-order valence-corrected chi connectivity index (χ3v) is 3.06. The van der Waals surface area contributed by atoms with E-state index in [4.69, 9.17) is 11.6 Å². The molecule has 0 saturated heterocycles. The van der Waals surface area contributed by atoms with Gasteiger partial charge in [0.1, 0.15) is 11.5 Å². The van der Waals surface area contributed by atoms with Gasteiger partial charge in [0.25, 0.3) is 5.91 Å². The van der Waals surface area contributed by atoms with Crippen molar-refractivity contribution in [2.45, 2.75) is 39.7 Å². The van der Waals surface area contributed by atoms with E-state index in [-0.39, 0.29) is 17.1 Å². The van der Waals surface area contributed by atoms with Crippen molar-refractivity contribution < 1.29 is 4.79 Å². The number of halogens is 1. The van der Waals surface area contributed by atoms with Crippen molar-refractivity contribution in [1.82, 2.24) is 10.3 Å². The predicted octanol–water partition coefficient (Wildman–Crippen LogP) is 3.09. The van der Waals surface area contributed by atoms with Gasteiger partial charge < -0.3 is 10.6 Å². The van der Waals surface area contributed by atoms with Crippen LogP contribution in [0.3, 0.4) is 0 Å². The van der Waals surface area contributed by atoms with Crippen molar-refractivity contribution >= 4 is 23.3 Å². The van der Waals surface area contributed by atoms with E-state index in [9.17, 15) is 4.79 Å². The van der Waals surface area contributed by atoms with Gasteiger partial charge >= 0.3 is 0 Å². The number of carbonyl (C=O) groups is 1. The highest BCUT2D eigenvalue weighted by atomic mass is 35.5. The van der Waals surface area contributed by atoms with Crippen LogP contribution in [0.2, 0.25) is 5.02 Å². The summed E-state index contributed by atoms with van der Waals surface area (Å²) in [5.74, 6) is 0.410. The monoisotopic (exact) mass is 269 g/mol. The van der Waals surface area contributed by atoms with Gasteiger partial charge in [-0.25, -0.2) is 4.98 Å². The summed E-state index contributed by atoms with van der Waals surface area (Å²) in [7, 11) is 0. The SMILES string of the molecule is CCNc1ccc(Cl)c(C(=O)NC(C)(C)CC)n1. The van der Waals surface area contributed by atoms with Crippen molar-refractivity contribution in [3.63, 3.8) is 0 Å². The molecule has 0 atom stereocenters. The number of rotatable bonds is 5. The summed E-state index contributed by atoms with van der Waals surface area (Å²) < 4.78 is 0. The number of nitrogens with one attached hydrogen (secondary N) is 2. The van der Waals surface area contributed by atoms with Gasteiger partial charge in [-0.1, -0.05) is 18.5 Å². The summed E-state index contributed by atoms with van der Waals surface area (Å²) in [5.41, 5.74) is -0.00680. The molecule has 5 heteroatoms. The molecule has 0 spiro atoms. The van der Waals surface area contributed by atoms with E-state index in [1.807, 2.05) is 27.7 Å². The van der Waals surface area contributed by atoms with E-state index in [1.165, 1.54) is 0 Å². The fraction of sp³-hybridized carbons (Fsp3) is 0.538. The first-order valence-electron chi connectivity index (χ1n) is 6.12. The third-order valence-electron chi connectivity index (χ3n) is 2.75. The second-order valence-electron chi connectivity index (χ2n) is 4.75. The van der Waals surface area contributed by atoms with Gasteiger partial charge in [0.2, 0.25) is 0 Å². The number of anilines is 1. The molecule has 0 saturated carbocycles. The minimum atomic E-state index is -0.268. The first-order valence-corrected chi connectivity index (χ1v) is 6.50. The third kappa shape index (κ3) is 3.88. The molecular formula is C13H20ClN3O. The Balaban J connectivity index is 2.94. The average Bonchev–Trinajstić information content (AvgIpc) is 2.31. The van der Waals surface area contributed by atoms with Gasteiger partial charge in [0, 0.05) is 12.1 Å². The zero-order valence-electron chi connectivity index (χ0n) is 11.3. The number of aromatic nitrogens is 1. The minimum absolute atomic E-state index is 0.244. The molecule has 4 nitrogen and oxygen atoms in total. The van der Waals surface area contributed by atoms with E-state index in [0.29, 0.717) is 10.8 Å². The molecule has 0 aliphatic carbocycles. The molecule has 100 valence electrons. The van der Waals surface area contributed by atoms with Crippen LogP contribution in [0.25, 0.3) is 0 Å². The Labute approximate surface area is 113 Å². The second kappa shape index (κ2) is 6.05. The van der Waals surface area contributed by atoms with Gasteiger partial charge in [-0.15, -0.1) is 0 Å². The maximum atomic E-state index is 12.1. The van der Waals surface area contributed by atoms with Crippen LogP contribution in [0.1, 0.15) is 44.6 Å². The Morgan fingerprint density at radius 3 is 2.61 bits per heavy atom. The topological polar surface area (TPSA) is 54.0 Å². The Morgan fingerprint density at radius 2 is 2.06 bits per heavy atom. The highest BCUT2D eigenvalue weighted by Gasteiger charge is 2.21. The molecule has 0 bridgehead atoms. The van der Waals surface area contributed by atoms with Crippen LogP contribution in [-0.2, 0) is 0 Å². The van der Waals surface area contributed by atoms with E-state index in [0.717, 1.165) is 13.0 Å². The van der Waals surface area contributed by atoms with Gasteiger partial charge in [-0.3, -0.25) is 4.79 Å². The molecule has 2 N–H and O–H groups in total. The molecule has 0 aliphatic heterocycles. The Bertz CT molecular complexity index is 432. The van der Waals surface area contributed by atoms with Gasteiger partial charge in [0.05, 0.1) is 5.02 Å². The van der Waals surface area contributed by atoms with Crippen LogP contribution in [-0.4, -0.2) is 23.0 Å². The zero-order chi connectivity index (χ0) is 13.8. The zero-order valence-corrected chi connectivity index (χ0v) is 12.1. The summed E-state index contributed by atoms with van der Waals surface area (Å²) in [4.78, 5) is 16.3. The number of nitrogens with zero attached hydrogens (tertiary/aromatic N) is 1. The van der Waals surface area contributed by atoms with E-state index < -0.39 is 0 Å². The molecule has 1 heterocycles. The lowest BCUT2D eigenvalue weighted by atomic mass is 10.0. The molecule has 0 aliphatic rings. The van der Waals surface area contributed by atoms with E-state index in [2.05, 4.69) is 15.6 Å². The first-order chi connectivity index (χ1) is 8.39. The van der Waals surface area contributed by atoms with Crippen molar-refractivity contribution in [2.24, 2.45) is 0 Å². The second-order valence-corrected chi connectivity index (χ2v) is 5.16. The summed E-state index contributed by atoms with van der Waals surface area (Å²) in [5, 5.41) is 6.34. The minimum Gasteiger partial charge on any atom is -0.370 e. The summed E-state index contributed by atoms with van der Waals surface area (Å²) in [6.45, 7) is 8.66. The van der Waals surface area contributed by atoms with Gasteiger partial charge in [-0.2, -0.15) is 0 Å². The predicted molar refractivity (Wildman–Crippen MR) is 75.2 cm³/mol. The highest BCUT2D eigenvalue weighted by molar-refractivity contribution is 6.33. The molecular weight excluding hydrogens is 250 g/mol. The Hall–Kier alpha value is -1.29. The van der Waals surface area contributed by atoms with Crippen molar-refractivity contribution in [2.75, 3.05) is 11.9 Å². The van der Waals surface area contributed by atoms with Crippen molar-refractivity contribution in [3.8, 4) is 0 Å². The standard InChI is InChI=1S/C13H20ClN3O/c1-5-13(3,4)17-12(18)11-9(14)7-8-10(16-11)15-6-2/h7-8H,5-6H2,1-4H3,(H,15,16)(H,17,18). The Morgan fingerprint density at radius 1 is 1.39 bits per heavy atom. The van der Waals surface area contributed by atoms with Crippen molar-refractivity contribution in [3.05, 3.63) is 22.8 Å². The molecule has 0 fully saturated rings. The molecule has 0 unspecified atom stereocenters. The van der Waals surface area contributed by atoms with Crippen LogP contribution in [0.4, 0.5) is 5.82 Å².